The molecule has 0 aliphatic carbocycles. The average molecular weight is 266 g/mol. The van der Waals surface area contributed by atoms with Crippen molar-refractivity contribution in [1.29, 1.82) is 0 Å². The largest absolute Gasteiger partial charge is 0.493 e. The SMILES string of the molecule is COc1cccc(CCCO)c1OC1CCCOC1. The van der Waals surface area contributed by atoms with Crippen LogP contribution in [0, 0.1) is 0 Å². The lowest BCUT2D eigenvalue weighted by Crippen LogP contribution is -2.28. The number of ether oxygens (including phenoxy) is 3. The number of para-hydroxylation sites is 1. The smallest absolute Gasteiger partial charge is 0.164 e. The van der Waals surface area contributed by atoms with Crippen LogP contribution < -0.4 is 9.47 Å². The van der Waals surface area contributed by atoms with Crippen LogP contribution in [0.3, 0.4) is 0 Å². The van der Waals surface area contributed by atoms with E-state index in [4.69, 9.17) is 19.3 Å². The summed E-state index contributed by atoms with van der Waals surface area (Å²) in [5.41, 5.74) is 1.08. The highest BCUT2D eigenvalue weighted by Crippen LogP contribution is 2.33. The van der Waals surface area contributed by atoms with E-state index in [1.54, 1.807) is 7.11 Å². The molecule has 0 radical (unpaired) electrons. The van der Waals surface area contributed by atoms with Crippen LogP contribution in [0.4, 0.5) is 0 Å². The minimum atomic E-state index is 0.0953. The highest BCUT2D eigenvalue weighted by Gasteiger charge is 2.19. The Hall–Kier alpha value is -1.26. The molecular formula is C15H22O4. The average Bonchev–Trinajstić information content (AvgIpc) is 2.47. The molecule has 1 aliphatic heterocycles. The van der Waals surface area contributed by atoms with Gasteiger partial charge in [0.2, 0.25) is 0 Å². The van der Waals surface area contributed by atoms with Gasteiger partial charge in [-0.1, -0.05) is 12.1 Å². The molecule has 1 atom stereocenters. The van der Waals surface area contributed by atoms with Gasteiger partial charge in [0.15, 0.2) is 11.5 Å². The molecule has 0 saturated carbocycles. The number of benzene rings is 1. The molecule has 1 saturated heterocycles. The Morgan fingerprint density at radius 3 is 3.00 bits per heavy atom. The second-order valence-corrected chi connectivity index (χ2v) is 4.73. The van der Waals surface area contributed by atoms with Crippen molar-refractivity contribution in [2.24, 2.45) is 0 Å². The van der Waals surface area contributed by atoms with Gasteiger partial charge in [0.1, 0.15) is 6.10 Å². The van der Waals surface area contributed by atoms with Crippen molar-refractivity contribution in [3.8, 4) is 11.5 Å². The second-order valence-electron chi connectivity index (χ2n) is 4.73. The van der Waals surface area contributed by atoms with Crippen molar-refractivity contribution in [2.75, 3.05) is 26.9 Å². The van der Waals surface area contributed by atoms with E-state index in [0.29, 0.717) is 6.61 Å². The third-order valence-corrected chi connectivity index (χ3v) is 3.29. The summed E-state index contributed by atoms with van der Waals surface area (Å²) in [5.74, 6) is 1.55. The van der Waals surface area contributed by atoms with Crippen molar-refractivity contribution in [1.82, 2.24) is 0 Å². The molecule has 0 bridgehead atoms. The number of rotatable bonds is 6. The van der Waals surface area contributed by atoms with E-state index in [2.05, 4.69) is 0 Å². The molecule has 0 aromatic heterocycles. The van der Waals surface area contributed by atoms with Crippen molar-refractivity contribution in [3.05, 3.63) is 23.8 Å². The number of hydrogen-bond acceptors (Lipinski definition) is 4. The zero-order valence-corrected chi connectivity index (χ0v) is 11.4. The fourth-order valence-electron chi connectivity index (χ4n) is 2.29. The zero-order chi connectivity index (χ0) is 13.5. The van der Waals surface area contributed by atoms with Crippen LogP contribution in [0.5, 0.6) is 11.5 Å². The predicted octanol–water partition coefficient (Wildman–Crippen LogP) is 2.18. The molecule has 1 aliphatic rings. The van der Waals surface area contributed by atoms with E-state index in [-0.39, 0.29) is 12.7 Å². The van der Waals surface area contributed by atoms with E-state index < -0.39 is 0 Å². The summed E-state index contributed by atoms with van der Waals surface area (Å²) in [6.45, 7) is 1.64. The summed E-state index contributed by atoms with van der Waals surface area (Å²) in [4.78, 5) is 0. The number of aryl methyl sites for hydroxylation is 1. The first kappa shape index (κ1) is 14.2. The maximum atomic E-state index is 8.97. The number of aliphatic hydroxyl groups excluding tert-OH is 1. The monoisotopic (exact) mass is 266 g/mol. The summed E-state index contributed by atoms with van der Waals surface area (Å²) < 4.78 is 16.9. The highest BCUT2D eigenvalue weighted by molar-refractivity contribution is 5.46. The van der Waals surface area contributed by atoms with E-state index in [9.17, 15) is 0 Å². The molecule has 0 spiro atoms. The molecule has 1 fully saturated rings. The van der Waals surface area contributed by atoms with Gasteiger partial charge in [-0.3, -0.25) is 0 Å². The normalized spacial score (nSPS) is 19.2. The summed E-state index contributed by atoms with van der Waals surface area (Å²) in [7, 11) is 1.65. The third kappa shape index (κ3) is 3.85. The standard InChI is InChI=1S/C15H22O4/c1-17-14-8-2-5-12(6-3-9-16)15(14)19-13-7-4-10-18-11-13/h2,5,8,13,16H,3-4,6-7,9-11H2,1H3. The molecule has 2 rings (SSSR count). The molecule has 0 amide bonds. The lowest BCUT2D eigenvalue weighted by atomic mass is 10.1. The Balaban J connectivity index is 2.14. The van der Waals surface area contributed by atoms with Crippen LogP contribution in [-0.2, 0) is 11.2 Å². The summed E-state index contributed by atoms with van der Waals surface area (Å²) >= 11 is 0. The quantitative estimate of drug-likeness (QED) is 0.857. The van der Waals surface area contributed by atoms with Gasteiger partial charge in [0.05, 0.1) is 13.7 Å². The van der Waals surface area contributed by atoms with Crippen LogP contribution >= 0.6 is 0 Å². The van der Waals surface area contributed by atoms with Crippen LogP contribution in [0.1, 0.15) is 24.8 Å². The fraction of sp³-hybridized carbons (Fsp3) is 0.600. The minimum absolute atomic E-state index is 0.0953. The topological polar surface area (TPSA) is 47.9 Å². The molecule has 4 nitrogen and oxygen atoms in total. The minimum Gasteiger partial charge on any atom is -0.493 e. The van der Waals surface area contributed by atoms with Crippen LogP contribution in [0.2, 0.25) is 0 Å². The Labute approximate surface area is 114 Å². The molecule has 1 aromatic rings. The molecule has 1 heterocycles. The molecule has 4 heteroatoms. The number of methoxy groups -OCH3 is 1. The van der Waals surface area contributed by atoms with E-state index in [0.717, 1.165) is 49.4 Å². The Morgan fingerprint density at radius 2 is 2.32 bits per heavy atom. The summed E-state index contributed by atoms with van der Waals surface area (Å²) in [5, 5.41) is 8.97. The first-order chi connectivity index (χ1) is 9.35. The molecule has 19 heavy (non-hydrogen) atoms. The van der Waals surface area contributed by atoms with Gasteiger partial charge in [-0.2, -0.15) is 0 Å². The van der Waals surface area contributed by atoms with Crippen LogP contribution in [-0.4, -0.2) is 38.1 Å². The van der Waals surface area contributed by atoms with Gasteiger partial charge in [-0.05, 0) is 37.3 Å². The Kier molecular flexibility index (Phi) is 5.48. The first-order valence-electron chi connectivity index (χ1n) is 6.86. The van der Waals surface area contributed by atoms with Gasteiger partial charge in [-0.15, -0.1) is 0 Å². The van der Waals surface area contributed by atoms with E-state index in [1.807, 2.05) is 18.2 Å². The van der Waals surface area contributed by atoms with Gasteiger partial charge in [0.25, 0.3) is 0 Å². The van der Waals surface area contributed by atoms with Crippen molar-refractivity contribution in [3.63, 3.8) is 0 Å². The molecule has 1 aromatic carbocycles. The van der Waals surface area contributed by atoms with Crippen molar-refractivity contribution < 1.29 is 19.3 Å². The predicted molar refractivity (Wildman–Crippen MR) is 72.9 cm³/mol. The molecular weight excluding hydrogens is 244 g/mol. The maximum absolute atomic E-state index is 8.97. The summed E-state index contributed by atoms with van der Waals surface area (Å²) in [6, 6.07) is 5.88. The van der Waals surface area contributed by atoms with Crippen molar-refractivity contribution in [2.45, 2.75) is 31.8 Å². The first-order valence-corrected chi connectivity index (χ1v) is 6.86. The molecule has 1 N–H and O–H groups in total. The van der Waals surface area contributed by atoms with E-state index in [1.165, 1.54) is 0 Å². The number of hydrogen-bond donors (Lipinski definition) is 1. The molecule has 1 unspecified atom stereocenters. The number of aliphatic hydroxyl groups is 1. The highest BCUT2D eigenvalue weighted by atomic mass is 16.5. The lowest BCUT2D eigenvalue weighted by molar-refractivity contribution is 0.00601. The molecule has 106 valence electrons. The van der Waals surface area contributed by atoms with Gasteiger partial charge < -0.3 is 19.3 Å². The third-order valence-electron chi connectivity index (χ3n) is 3.29. The summed E-state index contributed by atoms with van der Waals surface area (Å²) in [6.07, 6.45) is 3.66. The maximum Gasteiger partial charge on any atom is 0.164 e. The fourth-order valence-corrected chi connectivity index (χ4v) is 2.29. The van der Waals surface area contributed by atoms with Crippen LogP contribution in [0.25, 0.3) is 0 Å². The second kappa shape index (κ2) is 7.36. The Morgan fingerprint density at radius 1 is 1.42 bits per heavy atom. The lowest BCUT2D eigenvalue weighted by Gasteiger charge is -2.25. The van der Waals surface area contributed by atoms with Gasteiger partial charge in [-0.25, -0.2) is 0 Å². The van der Waals surface area contributed by atoms with Gasteiger partial charge in [0, 0.05) is 13.2 Å². The zero-order valence-electron chi connectivity index (χ0n) is 11.4. The Bertz CT molecular complexity index is 386. The van der Waals surface area contributed by atoms with Crippen LogP contribution in [0.15, 0.2) is 18.2 Å². The van der Waals surface area contributed by atoms with Gasteiger partial charge >= 0.3 is 0 Å². The van der Waals surface area contributed by atoms with Crippen molar-refractivity contribution >= 4 is 0 Å². The van der Waals surface area contributed by atoms with E-state index >= 15 is 0 Å².